The van der Waals surface area contributed by atoms with Crippen LogP contribution in [0, 0.1) is 5.92 Å². The molecule has 0 aliphatic carbocycles. The van der Waals surface area contributed by atoms with E-state index in [-0.39, 0.29) is 17.7 Å². The third kappa shape index (κ3) is 4.88. The van der Waals surface area contributed by atoms with E-state index in [0.717, 1.165) is 16.8 Å². The van der Waals surface area contributed by atoms with Gasteiger partial charge in [-0.1, -0.05) is 24.3 Å². The first kappa shape index (κ1) is 20.7. The van der Waals surface area contributed by atoms with Gasteiger partial charge in [-0.05, 0) is 49.1 Å². The molecule has 1 aliphatic heterocycles. The molecule has 6 heteroatoms. The van der Waals surface area contributed by atoms with E-state index < -0.39 is 0 Å². The zero-order valence-electron chi connectivity index (χ0n) is 17.2. The fraction of sp³-hybridized carbons (Fsp3) is 0.391. The van der Waals surface area contributed by atoms with Crippen molar-refractivity contribution in [3.05, 3.63) is 53.6 Å². The number of rotatable bonds is 8. The Morgan fingerprint density at radius 1 is 1.14 bits per heavy atom. The number of nitrogens with one attached hydrogen (secondary N) is 1. The normalized spacial score (nSPS) is 15.3. The molecular formula is C23H28N2O4. The first-order chi connectivity index (χ1) is 14.0. The Balaban J connectivity index is 1.60. The summed E-state index contributed by atoms with van der Waals surface area (Å²) in [6.45, 7) is 3.06. The van der Waals surface area contributed by atoms with Gasteiger partial charge in [0, 0.05) is 31.1 Å². The summed E-state index contributed by atoms with van der Waals surface area (Å²) < 4.78 is 10.6. The Bertz CT molecular complexity index is 881. The number of ether oxygens (including phenoxy) is 2. The lowest BCUT2D eigenvalue weighted by atomic mass is 9.89. The van der Waals surface area contributed by atoms with Crippen LogP contribution in [0.15, 0.2) is 42.5 Å². The second kappa shape index (κ2) is 9.45. The molecule has 0 fully saturated rings. The maximum atomic E-state index is 12.8. The third-order valence-corrected chi connectivity index (χ3v) is 5.37. The first-order valence-corrected chi connectivity index (χ1v) is 9.93. The number of para-hydroxylation sites is 1. The highest BCUT2D eigenvalue weighted by atomic mass is 16.5. The minimum atomic E-state index is -0.173. The number of amides is 2. The van der Waals surface area contributed by atoms with Crippen LogP contribution < -0.4 is 14.8 Å². The van der Waals surface area contributed by atoms with Gasteiger partial charge in [-0.3, -0.25) is 9.59 Å². The van der Waals surface area contributed by atoms with Crippen molar-refractivity contribution < 1.29 is 19.1 Å². The number of benzene rings is 2. The monoisotopic (exact) mass is 396 g/mol. The number of hydrogen-bond acceptors (Lipinski definition) is 4. The number of nitrogens with zero attached hydrogens (tertiary/aromatic N) is 1. The van der Waals surface area contributed by atoms with Gasteiger partial charge in [0.2, 0.25) is 11.8 Å². The van der Waals surface area contributed by atoms with Crippen LogP contribution in [-0.4, -0.2) is 37.5 Å². The van der Waals surface area contributed by atoms with Gasteiger partial charge in [-0.2, -0.15) is 0 Å². The lowest BCUT2D eigenvalue weighted by molar-refractivity contribution is -0.132. The first-order valence-electron chi connectivity index (χ1n) is 9.93. The Morgan fingerprint density at radius 2 is 1.90 bits per heavy atom. The van der Waals surface area contributed by atoms with E-state index >= 15 is 0 Å². The van der Waals surface area contributed by atoms with Gasteiger partial charge in [0.15, 0.2) is 11.5 Å². The summed E-state index contributed by atoms with van der Waals surface area (Å²) in [6.07, 6.45) is 1.57. The molecule has 0 bridgehead atoms. The van der Waals surface area contributed by atoms with E-state index in [4.69, 9.17) is 9.47 Å². The van der Waals surface area contributed by atoms with Crippen LogP contribution in [0.4, 0.5) is 5.69 Å². The lowest BCUT2D eigenvalue weighted by Gasteiger charge is -2.26. The van der Waals surface area contributed by atoms with Crippen LogP contribution in [0.5, 0.6) is 11.5 Å². The SMILES string of the molecule is CCN(Cc1ccc(OC)c(OC)c1)C(=O)CC[C@@H]1Cc2ccccc2NC1=O. The number of hydrogen-bond donors (Lipinski definition) is 1. The summed E-state index contributed by atoms with van der Waals surface area (Å²) in [6, 6.07) is 13.5. The summed E-state index contributed by atoms with van der Waals surface area (Å²) in [4.78, 5) is 27.0. The van der Waals surface area contributed by atoms with Crippen molar-refractivity contribution in [2.24, 2.45) is 5.92 Å². The van der Waals surface area contributed by atoms with Crippen molar-refractivity contribution in [3.8, 4) is 11.5 Å². The van der Waals surface area contributed by atoms with Crippen LogP contribution in [0.1, 0.15) is 30.9 Å². The molecule has 0 aromatic heterocycles. The number of carbonyl (C=O) groups excluding carboxylic acids is 2. The van der Waals surface area contributed by atoms with Gasteiger partial charge in [0.25, 0.3) is 0 Å². The van der Waals surface area contributed by atoms with Crippen molar-refractivity contribution in [2.75, 3.05) is 26.1 Å². The van der Waals surface area contributed by atoms with E-state index in [9.17, 15) is 9.59 Å². The summed E-state index contributed by atoms with van der Waals surface area (Å²) >= 11 is 0. The van der Waals surface area contributed by atoms with Crippen LogP contribution >= 0.6 is 0 Å². The standard InChI is InChI=1S/C23H28N2O4/c1-4-25(15-16-9-11-20(28-2)21(13-16)29-3)22(26)12-10-18-14-17-7-5-6-8-19(17)24-23(18)27/h5-9,11,13,18H,4,10,12,14-15H2,1-3H3,(H,24,27)/t18-/m1/s1. The van der Waals surface area contributed by atoms with E-state index in [1.165, 1.54) is 0 Å². The Morgan fingerprint density at radius 3 is 2.62 bits per heavy atom. The maximum Gasteiger partial charge on any atom is 0.227 e. The predicted molar refractivity (Wildman–Crippen MR) is 112 cm³/mol. The molecule has 0 saturated carbocycles. The maximum absolute atomic E-state index is 12.8. The number of anilines is 1. The van der Waals surface area contributed by atoms with Crippen molar-refractivity contribution in [3.63, 3.8) is 0 Å². The number of methoxy groups -OCH3 is 2. The molecule has 2 aromatic rings. The lowest BCUT2D eigenvalue weighted by Crippen LogP contribution is -2.33. The average Bonchev–Trinajstić information content (AvgIpc) is 2.75. The quantitative estimate of drug-likeness (QED) is 0.740. The summed E-state index contributed by atoms with van der Waals surface area (Å²) in [5, 5.41) is 2.95. The average molecular weight is 396 g/mol. The molecule has 0 radical (unpaired) electrons. The molecule has 0 spiro atoms. The number of carbonyl (C=O) groups is 2. The van der Waals surface area contributed by atoms with Crippen molar-refractivity contribution in [1.29, 1.82) is 0 Å². The molecule has 154 valence electrons. The predicted octanol–water partition coefficient (Wildman–Crippen LogP) is 3.64. The molecule has 1 heterocycles. The molecule has 1 N–H and O–H groups in total. The van der Waals surface area contributed by atoms with E-state index in [1.54, 1.807) is 19.1 Å². The zero-order valence-corrected chi connectivity index (χ0v) is 17.2. The second-order valence-electron chi connectivity index (χ2n) is 7.18. The zero-order chi connectivity index (χ0) is 20.8. The molecule has 3 rings (SSSR count). The van der Waals surface area contributed by atoms with Crippen LogP contribution in [0.25, 0.3) is 0 Å². The van der Waals surface area contributed by atoms with Gasteiger partial charge in [0.1, 0.15) is 0 Å². The highest BCUT2D eigenvalue weighted by Crippen LogP contribution is 2.29. The Labute approximate surface area is 171 Å². The molecular weight excluding hydrogens is 368 g/mol. The molecule has 6 nitrogen and oxygen atoms in total. The van der Waals surface area contributed by atoms with Gasteiger partial charge in [0.05, 0.1) is 14.2 Å². The van der Waals surface area contributed by atoms with Crippen molar-refractivity contribution in [2.45, 2.75) is 32.7 Å². The minimum absolute atomic E-state index is 0.000519. The minimum Gasteiger partial charge on any atom is -0.493 e. The second-order valence-corrected chi connectivity index (χ2v) is 7.18. The van der Waals surface area contributed by atoms with Gasteiger partial charge in [-0.25, -0.2) is 0 Å². The molecule has 2 amide bonds. The fourth-order valence-corrected chi connectivity index (χ4v) is 3.68. The highest BCUT2D eigenvalue weighted by molar-refractivity contribution is 5.96. The topological polar surface area (TPSA) is 67.9 Å². The highest BCUT2D eigenvalue weighted by Gasteiger charge is 2.27. The molecule has 0 saturated heterocycles. The van der Waals surface area contributed by atoms with Crippen LogP contribution in [-0.2, 0) is 22.6 Å². The van der Waals surface area contributed by atoms with Crippen LogP contribution in [0.2, 0.25) is 0 Å². The summed E-state index contributed by atoms with van der Waals surface area (Å²) in [5.74, 6) is 1.18. The van der Waals surface area contributed by atoms with E-state index in [1.807, 2.05) is 49.4 Å². The van der Waals surface area contributed by atoms with Crippen molar-refractivity contribution >= 4 is 17.5 Å². The van der Waals surface area contributed by atoms with Gasteiger partial charge in [-0.15, -0.1) is 0 Å². The van der Waals surface area contributed by atoms with Gasteiger partial charge >= 0.3 is 0 Å². The van der Waals surface area contributed by atoms with E-state index in [2.05, 4.69) is 5.32 Å². The van der Waals surface area contributed by atoms with Gasteiger partial charge < -0.3 is 19.7 Å². The molecule has 29 heavy (non-hydrogen) atoms. The van der Waals surface area contributed by atoms with Crippen LogP contribution in [0.3, 0.4) is 0 Å². The Hall–Kier alpha value is -3.02. The fourth-order valence-electron chi connectivity index (χ4n) is 3.68. The van der Waals surface area contributed by atoms with Crippen molar-refractivity contribution in [1.82, 2.24) is 4.90 Å². The third-order valence-electron chi connectivity index (χ3n) is 5.37. The smallest absolute Gasteiger partial charge is 0.227 e. The number of fused-ring (bicyclic) bond motifs is 1. The summed E-state index contributed by atoms with van der Waals surface area (Å²) in [7, 11) is 3.19. The molecule has 2 aromatic carbocycles. The summed E-state index contributed by atoms with van der Waals surface area (Å²) in [5.41, 5.74) is 2.98. The largest absolute Gasteiger partial charge is 0.493 e. The molecule has 0 unspecified atom stereocenters. The molecule has 1 atom stereocenters. The Kier molecular flexibility index (Phi) is 6.75. The molecule has 1 aliphatic rings. The van der Waals surface area contributed by atoms with E-state index in [0.29, 0.717) is 43.9 Å².